The van der Waals surface area contributed by atoms with Gasteiger partial charge in [0.25, 0.3) is 0 Å². The summed E-state index contributed by atoms with van der Waals surface area (Å²) in [6.45, 7) is 7.91. The van der Waals surface area contributed by atoms with Crippen LogP contribution in [0.25, 0.3) is 22.3 Å². The molecule has 4 aromatic rings. The number of nitrogens with zero attached hydrogens (tertiary/aromatic N) is 6. The van der Waals surface area contributed by atoms with E-state index in [1.807, 2.05) is 43.9 Å². The summed E-state index contributed by atoms with van der Waals surface area (Å²) < 4.78 is 48.6. The van der Waals surface area contributed by atoms with Crippen LogP contribution < -0.4 is 10.1 Å². The van der Waals surface area contributed by atoms with Crippen LogP contribution in [0.3, 0.4) is 0 Å². The summed E-state index contributed by atoms with van der Waals surface area (Å²) >= 11 is 0. The largest absolute Gasteiger partial charge is 0.474 e. The molecule has 0 atom stereocenters. The molecule has 2 fully saturated rings. The molecule has 2 aliphatic rings. The van der Waals surface area contributed by atoms with Gasteiger partial charge in [0.15, 0.2) is 0 Å². The highest BCUT2D eigenvalue weighted by atomic mass is 19.4. The molecule has 1 saturated heterocycles. The monoisotopic (exact) mass is 568 g/mol. The molecular formula is C29H35F3N8O. The van der Waals surface area contributed by atoms with Crippen molar-refractivity contribution in [1.82, 2.24) is 39.9 Å². The molecule has 0 aromatic carbocycles. The average molecular weight is 569 g/mol. The van der Waals surface area contributed by atoms with E-state index >= 15 is 0 Å². The molecule has 0 radical (unpaired) electrons. The number of pyridine rings is 1. The van der Waals surface area contributed by atoms with Gasteiger partial charge in [-0.1, -0.05) is 0 Å². The van der Waals surface area contributed by atoms with Crippen molar-refractivity contribution in [3.8, 4) is 17.1 Å². The number of nitrogens with one attached hydrogen (secondary N) is 2. The number of ether oxygens (including phenoxy) is 1. The molecular weight excluding hydrogens is 533 g/mol. The van der Waals surface area contributed by atoms with Crippen LogP contribution in [0.1, 0.15) is 63.8 Å². The Bertz CT molecular complexity index is 1490. The molecule has 41 heavy (non-hydrogen) atoms. The number of piperidine rings is 1. The molecule has 9 nitrogen and oxygen atoms in total. The van der Waals surface area contributed by atoms with Crippen LogP contribution in [0.4, 0.5) is 13.2 Å². The van der Waals surface area contributed by atoms with Gasteiger partial charge < -0.3 is 15.0 Å². The molecule has 5 heterocycles. The third-order valence-electron chi connectivity index (χ3n) is 7.95. The Hall–Kier alpha value is -3.51. The van der Waals surface area contributed by atoms with Crippen LogP contribution in [0.15, 0.2) is 43.1 Å². The number of H-pyrrole nitrogens is 1. The molecule has 0 unspecified atom stereocenters. The fourth-order valence-corrected chi connectivity index (χ4v) is 5.60. The molecule has 1 saturated carbocycles. The quantitative estimate of drug-likeness (QED) is 0.309. The number of aromatic nitrogens is 6. The van der Waals surface area contributed by atoms with Gasteiger partial charge >= 0.3 is 6.18 Å². The van der Waals surface area contributed by atoms with E-state index in [0.29, 0.717) is 24.2 Å². The molecule has 1 aliphatic carbocycles. The van der Waals surface area contributed by atoms with Gasteiger partial charge in [0.2, 0.25) is 5.88 Å². The first-order valence-corrected chi connectivity index (χ1v) is 14.1. The summed E-state index contributed by atoms with van der Waals surface area (Å²) in [5.41, 5.74) is 2.02. The summed E-state index contributed by atoms with van der Waals surface area (Å²) in [7, 11) is 0. The minimum Gasteiger partial charge on any atom is -0.474 e. The van der Waals surface area contributed by atoms with Gasteiger partial charge in [0.05, 0.1) is 17.9 Å². The smallest absolute Gasteiger partial charge is 0.433 e. The maximum absolute atomic E-state index is 13.5. The molecule has 0 bridgehead atoms. The van der Waals surface area contributed by atoms with Gasteiger partial charge in [-0.3, -0.25) is 9.58 Å². The van der Waals surface area contributed by atoms with Gasteiger partial charge in [-0.25, -0.2) is 15.0 Å². The van der Waals surface area contributed by atoms with Gasteiger partial charge in [-0.15, -0.1) is 0 Å². The predicted molar refractivity (Wildman–Crippen MR) is 148 cm³/mol. The first kappa shape index (κ1) is 27.6. The maximum atomic E-state index is 13.5. The van der Waals surface area contributed by atoms with Crippen molar-refractivity contribution in [2.75, 3.05) is 13.1 Å². The van der Waals surface area contributed by atoms with Gasteiger partial charge in [-0.2, -0.15) is 18.3 Å². The number of rotatable bonds is 7. The van der Waals surface area contributed by atoms with E-state index in [1.54, 1.807) is 12.4 Å². The van der Waals surface area contributed by atoms with Crippen molar-refractivity contribution in [1.29, 1.82) is 0 Å². The number of hydrogen-bond acceptors (Lipinski definition) is 7. The topological polar surface area (TPSA) is 96.8 Å². The molecule has 6 rings (SSSR count). The van der Waals surface area contributed by atoms with Crippen LogP contribution in [-0.2, 0) is 12.7 Å². The van der Waals surface area contributed by atoms with Gasteiger partial charge in [-0.05, 0) is 64.2 Å². The van der Waals surface area contributed by atoms with E-state index in [1.165, 1.54) is 0 Å². The zero-order valence-electron chi connectivity index (χ0n) is 23.4. The fourth-order valence-electron chi connectivity index (χ4n) is 5.60. The van der Waals surface area contributed by atoms with E-state index in [0.717, 1.165) is 67.1 Å². The Kier molecular flexibility index (Phi) is 7.23. The zero-order valence-corrected chi connectivity index (χ0v) is 23.4. The van der Waals surface area contributed by atoms with E-state index in [9.17, 15) is 13.2 Å². The Morgan fingerprint density at radius 2 is 1.85 bits per heavy atom. The highest BCUT2D eigenvalue weighted by Gasteiger charge is 2.38. The van der Waals surface area contributed by atoms with E-state index in [-0.39, 0.29) is 17.5 Å². The number of likely N-dealkylation sites (tertiary alicyclic amines) is 1. The van der Waals surface area contributed by atoms with E-state index < -0.39 is 11.9 Å². The predicted octanol–water partition coefficient (Wildman–Crippen LogP) is 5.37. The summed E-state index contributed by atoms with van der Waals surface area (Å²) in [4.78, 5) is 18.1. The summed E-state index contributed by atoms with van der Waals surface area (Å²) in [6, 6.07) is 5.49. The number of aromatic amines is 1. The van der Waals surface area contributed by atoms with Crippen molar-refractivity contribution in [2.45, 2.75) is 82.9 Å². The van der Waals surface area contributed by atoms with Crippen LogP contribution >= 0.6 is 0 Å². The molecule has 218 valence electrons. The van der Waals surface area contributed by atoms with Gasteiger partial charge in [0, 0.05) is 60.6 Å². The van der Waals surface area contributed by atoms with E-state index in [4.69, 9.17) is 4.74 Å². The Balaban J connectivity index is 1.02. The second kappa shape index (κ2) is 10.7. The van der Waals surface area contributed by atoms with E-state index in [2.05, 4.69) is 41.4 Å². The Morgan fingerprint density at radius 1 is 1.07 bits per heavy atom. The lowest BCUT2D eigenvalue weighted by Gasteiger charge is -2.45. The third kappa shape index (κ3) is 6.23. The van der Waals surface area contributed by atoms with Crippen molar-refractivity contribution < 1.29 is 17.9 Å². The van der Waals surface area contributed by atoms with Gasteiger partial charge in [0.1, 0.15) is 23.8 Å². The highest BCUT2D eigenvalue weighted by Crippen LogP contribution is 2.38. The molecule has 2 N–H and O–H groups in total. The van der Waals surface area contributed by atoms with Crippen molar-refractivity contribution >= 4 is 11.0 Å². The summed E-state index contributed by atoms with van der Waals surface area (Å²) in [6.07, 6.45) is 6.17. The summed E-state index contributed by atoms with van der Waals surface area (Å²) in [5.74, 6) is 0.0442. The minimum absolute atomic E-state index is 0.0442. The first-order valence-electron chi connectivity index (χ1n) is 14.1. The highest BCUT2D eigenvalue weighted by molar-refractivity contribution is 5.89. The zero-order chi connectivity index (χ0) is 28.8. The van der Waals surface area contributed by atoms with Crippen LogP contribution in [0, 0.1) is 0 Å². The molecule has 0 spiro atoms. The van der Waals surface area contributed by atoms with Crippen molar-refractivity contribution in [2.24, 2.45) is 0 Å². The SMILES string of the molecule is CC(C)(C)NCc1cc(OC2CCN(C3CC(n4cc(-c5ncnc6[nH]ccc56)cn4)C3)CC2)nc(C(F)(F)F)c1. The average Bonchev–Trinajstić information content (AvgIpc) is 3.57. The molecule has 0 amide bonds. The lowest BCUT2D eigenvalue weighted by molar-refractivity contribution is -0.141. The van der Waals surface area contributed by atoms with Crippen molar-refractivity contribution in [3.05, 3.63) is 54.4 Å². The van der Waals surface area contributed by atoms with Crippen LogP contribution in [0.5, 0.6) is 5.88 Å². The molecule has 1 aliphatic heterocycles. The lowest BCUT2D eigenvalue weighted by atomic mass is 9.84. The fraction of sp³-hybridized carbons (Fsp3) is 0.517. The number of alkyl halides is 3. The minimum atomic E-state index is -4.53. The molecule has 4 aromatic heterocycles. The number of fused-ring (bicyclic) bond motifs is 1. The lowest BCUT2D eigenvalue weighted by Crippen LogP contribution is -2.50. The Labute approximate surface area is 236 Å². The summed E-state index contributed by atoms with van der Waals surface area (Å²) in [5, 5.41) is 8.83. The normalized spacial score (nSPS) is 20.8. The molecule has 12 heteroatoms. The van der Waals surface area contributed by atoms with Crippen LogP contribution in [-0.4, -0.2) is 65.4 Å². The third-order valence-corrected chi connectivity index (χ3v) is 7.95. The van der Waals surface area contributed by atoms with Crippen LogP contribution in [0.2, 0.25) is 0 Å². The number of halogens is 3. The second-order valence-electron chi connectivity index (χ2n) is 12.1. The first-order chi connectivity index (χ1) is 19.5. The Morgan fingerprint density at radius 3 is 2.59 bits per heavy atom. The standard InChI is InChI=1S/C29H35F3N8O/c1-28(2,3)36-14-18-10-24(29(30,31)32)38-25(11-18)41-22-5-8-39(9-6-22)20-12-21(13-20)40-16-19(15-37-40)26-23-4-7-33-27(23)35-17-34-26/h4,7,10-11,15-17,20-22,36H,5-6,8-9,12-14H2,1-3H3,(H,33,34,35). The van der Waals surface area contributed by atoms with Crippen molar-refractivity contribution in [3.63, 3.8) is 0 Å². The second-order valence-corrected chi connectivity index (χ2v) is 12.1. The number of hydrogen-bond donors (Lipinski definition) is 2. The maximum Gasteiger partial charge on any atom is 0.433 e.